The quantitative estimate of drug-likeness (QED) is 0.0534. The van der Waals surface area contributed by atoms with Crippen molar-refractivity contribution >= 4 is 0 Å². The first kappa shape index (κ1) is 62.8. The van der Waals surface area contributed by atoms with Crippen molar-refractivity contribution in [3.63, 3.8) is 0 Å². The molecule has 4 heterocycles. The maximum absolute atomic E-state index is 12.9. The number of aliphatic hydroxyl groups excluding tert-OH is 16. The number of hydrogen-bond acceptors (Lipinski definition) is 24. The summed E-state index contributed by atoms with van der Waals surface area (Å²) in [6.07, 6.45) is -29.1. The van der Waals surface area contributed by atoms with Crippen LogP contribution in [-0.2, 0) is 37.9 Å². The molecule has 31 atom stereocenters. The molecule has 0 aromatic rings. The van der Waals surface area contributed by atoms with E-state index in [1.165, 1.54) is 0 Å². The summed E-state index contributed by atoms with van der Waals surface area (Å²) in [5.41, 5.74) is -2.84. The zero-order valence-electron chi connectivity index (χ0n) is 46.1. The van der Waals surface area contributed by atoms with E-state index in [1.807, 2.05) is 34.6 Å². The Bertz CT molecular complexity index is 2030. The van der Waals surface area contributed by atoms with Crippen LogP contribution in [0.15, 0.2) is 11.6 Å². The molecule has 0 spiro atoms. The third kappa shape index (κ3) is 10.7. The molecule has 0 radical (unpaired) electrons. The maximum atomic E-state index is 12.9. The second-order valence-electron chi connectivity index (χ2n) is 25.8. The van der Waals surface area contributed by atoms with Crippen LogP contribution >= 0.6 is 0 Å². The van der Waals surface area contributed by atoms with Crippen LogP contribution in [-0.4, -0.2) is 255 Å². The topological polar surface area (TPSA) is 398 Å². The van der Waals surface area contributed by atoms with E-state index in [2.05, 4.69) is 26.8 Å². The molecule has 0 amide bonds. The fourth-order valence-corrected chi connectivity index (χ4v) is 16.2. The Morgan fingerprint density at radius 1 is 0.564 bits per heavy atom. The summed E-state index contributed by atoms with van der Waals surface area (Å²) in [6, 6.07) is 0. The summed E-state index contributed by atoms with van der Waals surface area (Å²) in [5.74, 6) is -1.32. The van der Waals surface area contributed by atoms with Crippen LogP contribution in [0.1, 0.15) is 107 Å². The highest BCUT2D eigenvalue weighted by Crippen LogP contribution is 2.76. The molecule has 4 saturated carbocycles. The lowest BCUT2D eigenvalue weighted by atomic mass is 9.34. The van der Waals surface area contributed by atoms with Crippen molar-refractivity contribution in [2.75, 3.05) is 26.4 Å². The number of aliphatic hydroxyl groups is 16. The second kappa shape index (κ2) is 23.7. The van der Waals surface area contributed by atoms with Crippen molar-refractivity contribution in [3.8, 4) is 0 Å². The van der Waals surface area contributed by atoms with Crippen LogP contribution in [0.2, 0.25) is 0 Å². The van der Waals surface area contributed by atoms with E-state index in [1.54, 1.807) is 0 Å². The van der Waals surface area contributed by atoms with Gasteiger partial charge in [0.15, 0.2) is 25.2 Å². The van der Waals surface area contributed by atoms with Crippen molar-refractivity contribution in [2.45, 2.75) is 253 Å². The van der Waals surface area contributed by atoms with E-state index >= 15 is 0 Å². The Morgan fingerprint density at radius 2 is 1.08 bits per heavy atom. The van der Waals surface area contributed by atoms with Crippen molar-refractivity contribution in [1.82, 2.24) is 0 Å². The number of allylic oxidation sites excluding steroid dienone is 2. The summed E-state index contributed by atoms with van der Waals surface area (Å²) < 4.78 is 48.7. The minimum atomic E-state index is -1.85. The number of rotatable bonds is 16. The first-order chi connectivity index (χ1) is 36.5. The van der Waals surface area contributed by atoms with Gasteiger partial charge in [0.25, 0.3) is 0 Å². The highest BCUT2D eigenvalue weighted by molar-refractivity contribution is 5.23. The summed E-state index contributed by atoms with van der Waals surface area (Å²) in [5, 5.41) is 175. The van der Waals surface area contributed by atoms with Crippen molar-refractivity contribution in [1.29, 1.82) is 0 Å². The highest BCUT2D eigenvalue weighted by Gasteiger charge is 2.74. The van der Waals surface area contributed by atoms with Crippen LogP contribution in [0, 0.1) is 45.3 Å². The molecule has 4 aliphatic carbocycles. The highest BCUT2D eigenvalue weighted by atomic mass is 16.8. The van der Waals surface area contributed by atoms with Gasteiger partial charge in [-0.15, -0.1) is 0 Å². The monoisotopic (exact) mass is 1120 g/mol. The van der Waals surface area contributed by atoms with Gasteiger partial charge in [-0.3, -0.25) is 0 Å². The van der Waals surface area contributed by atoms with E-state index in [0.29, 0.717) is 51.4 Å². The van der Waals surface area contributed by atoms with Crippen LogP contribution in [0.3, 0.4) is 0 Å². The molecule has 8 rings (SSSR count). The predicted molar refractivity (Wildman–Crippen MR) is 268 cm³/mol. The summed E-state index contributed by atoms with van der Waals surface area (Å²) in [7, 11) is 0. The molecular formula is C54H92O24. The third-order valence-corrected chi connectivity index (χ3v) is 21.0. The lowest BCUT2D eigenvalue weighted by Gasteiger charge is -2.72. The molecular weight excluding hydrogens is 1030 g/mol. The fraction of sp³-hybridized carbons (Fsp3) is 0.963. The van der Waals surface area contributed by atoms with Crippen LogP contribution < -0.4 is 0 Å². The largest absolute Gasteiger partial charge is 0.394 e. The molecule has 4 saturated heterocycles. The number of fused-ring (bicyclic) bond motifs is 5. The smallest absolute Gasteiger partial charge is 0.187 e. The average molecular weight is 1130 g/mol. The van der Waals surface area contributed by atoms with E-state index in [4.69, 9.17) is 37.9 Å². The summed E-state index contributed by atoms with van der Waals surface area (Å²) in [4.78, 5) is 0. The molecule has 16 N–H and O–H groups in total. The maximum Gasteiger partial charge on any atom is 0.187 e. The van der Waals surface area contributed by atoms with Crippen LogP contribution in [0.5, 0.6) is 0 Å². The Kier molecular flexibility index (Phi) is 19.1. The number of ether oxygens (including phenoxy) is 8. The van der Waals surface area contributed by atoms with Crippen molar-refractivity contribution in [3.05, 3.63) is 11.6 Å². The van der Waals surface area contributed by atoms with Crippen molar-refractivity contribution in [2.24, 2.45) is 45.3 Å². The molecule has 78 heavy (non-hydrogen) atoms. The molecule has 0 bridgehead atoms. The lowest BCUT2D eigenvalue weighted by molar-refractivity contribution is -0.379. The van der Waals surface area contributed by atoms with Gasteiger partial charge in [-0.1, -0.05) is 46.3 Å². The van der Waals surface area contributed by atoms with Crippen LogP contribution in [0.4, 0.5) is 0 Å². The molecule has 8 fully saturated rings. The molecule has 31 unspecified atom stereocenters. The Morgan fingerprint density at radius 3 is 1.65 bits per heavy atom. The SMILES string of the molecule is CC(C)=CCCC(C)(OC1OC(COC2OC(CO)C(O)C(O)C2O)C(O)C(O)C1O)C1CCC2(C)C1C(O)CC1C3(C)CCC(OC4OC(CO)C(O)C(O)C4OC4OC(CO)C(O)C(O)C4O)C(C)(C)C3CC(O)C12C. The molecule has 24 heteroatoms. The summed E-state index contributed by atoms with van der Waals surface area (Å²) in [6.45, 7) is 13.7. The zero-order chi connectivity index (χ0) is 57.5. The van der Waals surface area contributed by atoms with E-state index in [0.717, 1.165) is 5.57 Å². The van der Waals surface area contributed by atoms with Gasteiger partial charge in [-0.25, -0.2) is 0 Å². The molecule has 0 aromatic carbocycles. The molecule has 4 aliphatic heterocycles. The first-order valence-electron chi connectivity index (χ1n) is 28.0. The predicted octanol–water partition coefficient (Wildman–Crippen LogP) is -3.23. The Labute approximate surface area is 455 Å². The Hall–Kier alpha value is -1.22. The Balaban J connectivity index is 1.03. The van der Waals surface area contributed by atoms with Gasteiger partial charge in [-0.2, -0.15) is 0 Å². The van der Waals surface area contributed by atoms with Crippen LogP contribution in [0.25, 0.3) is 0 Å². The molecule has 8 aliphatic rings. The molecule has 24 nitrogen and oxygen atoms in total. The third-order valence-electron chi connectivity index (χ3n) is 21.0. The van der Waals surface area contributed by atoms with Gasteiger partial charge in [-0.05, 0) is 112 Å². The lowest BCUT2D eigenvalue weighted by Crippen LogP contribution is -2.71. The number of hydrogen-bond donors (Lipinski definition) is 16. The standard InChI is InChI=1S/C54H92O24/c1-22(2)10-9-13-53(7,78-48-44(70)40(66)37(63)28(75-48)21-71-46-42(68)38(64)34(60)25(18-55)72-46)23-11-15-52(6)33(23)24(58)16-30-51(5)14-12-32(50(3,4)29(51)17-31(59)54(30,52)8)76-49-45(41(67)36(62)27(20-57)74-49)77-47-43(69)39(65)35(61)26(19-56)73-47/h10,23-49,55-70H,9,11-21H2,1-8H3. The van der Waals surface area contributed by atoms with E-state index < -0.39 is 207 Å². The van der Waals surface area contributed by atoms with Gasteiger partial charge in [0, 0.05) is 5.41 Å². The van der Waals surface area contributed by atoms with Gasteiger partial charge >= 0.3 is 0 Å². The fourth-order valence-electron chi connectivity index (χ4n) is 16.2. The molecule has 452 valence electrons. The zero-order valence-corrected chi connectivity index (χ0v) is 46.1. The second-order valence-corrected chi connectivity index (χ2v) is 25.8. The van der Waals surface area contributed by atoms with E-state index in [9.17, 15) is 81.7 Å². The van der Waals surface area contributed by atoms with E-state index in [-0.39, 0.29) is 11.8 Å². The minimum absolute atomic E-state index is 0.235. The van der Waals surface area contributed by atoms with Gasteiger partial charge in [0.2, 0.25) is 0 Å². The van der Waals surface area contributed by atoms with Gasteiger partial charge in [0.1, 0.15) is 97.7 Å². The van der Waals surface area contributed by atoms with Gasteiger partial charge < -0.3 is 120 Å². The summed E-state index contributed by atoms with van der Waals surface area (Å²) >= 11 is 0. The average Bonchev–Trinajstić information content (AvgIpc) is 2.26. The first-order valence-corrected chi connectivity index (χ1v) is 28.0. The van der Waals surface area contributed by atoms with Gasteiger partial charge in [0.05, 0.1) is 50.3 Å². The normalized spacial score (nSPS) is 53.1. The molecule has 0 aromatic heterocycles. The minimum Gasteiger partial charge on any atom is -0.394 e. The van der Waals surface area contributed by atoms with Crippen molar-refractivity contribution < 1.29 is 120 Å².